The van der Waals surface area contributed by atoms with Crippen molar-refractivity contribution in [2.75, 3.05) is 6.61 Å². The Morgan fingerprint density at radius 1 is 1.00 bits per heavy atom. The van der Waals surface area contributed by atoms with E-state index in [1.807, 2.05) is 0 Å². The predicted octanol–water partition coefficient (Wildman–Crippen LogP) is 4.53. The van der Waals surface area contributed by atoms with Gasteiger partial charge in [-0.15, -0.1) is 0 Å². The fourth-order valence-corrected chi connectivity index (χ4v) is 4.12. The van der Waals surface area contributed by atoms with E-state index in [0.717, 1.165) is 13.2 Å². The number of rotatable bonds is 0. The van der Waals surface area contributed by atoms with E-state index in [2.05, 4.69) is 53.7 Å². The van der Waals surface area contributed by atoms with Gasteiger partial charge < -0.3 is 4.74 Å². The second-order valence-corrected chi connectivity index (χ2v) is 7.68. The van der Waals surface area contributed by atoms with E-state index in [1.165, 1.54) is 11.1 Å². The largest absolute Gasteiger partial charge is 0.376 e. The highest BCUT2D eigenvalue weighted by atomic mass is 16.5. The van der Waals surface area contributed by atoms with Crippen LogP contribution >= 0.6 is 0 Å². The highest BCUT2D eigenvalue weighted by molar-refractivity contribution is 5.51. The Morgan fingerprint density at radius 3 is 2.21 bits per heavy atom. The summed E-state index contributed by atoms with van der Waals surface area (Å²) in [7, 11) is 0. The van der Waals surface area contributed by atoms with Crippen molar-refractivity contribution in [2.24, 2.45) is 5.92 Å². The maximum Gasteiger partial charge on any atom is 0.0720 e. The highest BCUT2D eigenvalue weighted by Crippen LogP contribution is 2.54. The molecule has 0 unspecified atom stereocenters. The van der Waals surface area contributed by atoms with Gasteiger partial charge in [0.15, 0.2) is 0 Å². The Morgan fingerprint density at radius 2 is 1.58 bits per heavy atom. The Kier molecular flexibility index (Phi) is 2.67. The topological polar surface area (TPSA) is 9.23 Å². The molecular formula is C18H26O. The summed E-state index contributed by atoms with van der Waals surface area (Å²) in [5.74, 6) is 1.19. The molecule has 0 bridgehead atoms. The number of hydrogen-bond acceptors (Lipinski definition) is 1. The molecule has 3 rings (SSSR count). The Bertz CT molecular complexity index is 525. The molecule has 0 fully saturated rings. The Hall–Kier alpha value is -0.820. The maximum atomic E-state index is 5.71. The van der Waals surface area contributed by atoms with Crippen LogP contribution in [0.5, 0.6) is 0 Å². The van der Waals surface area contributed by atoms with E-state index in [9.17, 15) is 0 Å². The molecule has 104 valence electrons. The van der Waals surface area contributed by atoms with Gasteiger partial charge in [0, 0.05) is 5.92 Å². The van der Waals surface area contributed by atoms with Gasteiger partial charge in [-0.25, -0.2) is 0 Å². The molecule has 2 aliphatic rings. The average molecular weight is 258 g/mol. The summed E-state index contributed by atoms with van der Waals surface area (Å²) in [4.78, 5) is 0. The number of benzene rings is 1. The molecule has 1 heteroatoms. The summed E-state index contributed by atoms with van der Waals surface area (Å²) >= 11 is 0. The predicted molar refractivity (Wildman–Crippen MR) is 79.7 cm³/mol. The third kappa shape index (κ3) is 1.64. The second kappa shape index (κ2) is 3.85. The zero-order valence-electron chi connectivity index (χ0n) is 13.1. The molecule has 1 aliphatic heterocycles. The van der Waals surface area contributed by atoms with E-state index in [1.54, 1.807) is 11.1 Å². The van der Waals surface area contributed by atoms with E-state index in [0.29, 0.717) is 11.8 Å². The van der Waals surface area contributed by atoms with Crippen LogP contribution in [0.2, 0.25) is 0 Å². The van der Waals surface area contributed by atoms with Crippen molar-refractivity contribution < 1.29 is 4.74 Å². The van der Waals surface area contributed by atoms with Gasteiger partial charge in [0.25, 0.3) is 0 Å². The van der Waals surface area contributed by atoms with Crippen LogP contribution in [0.3, 0.4) is 0 Å². The minimum absolute atomic E-state index is 0.258. The molecule has 0 spiro atoms. The van der Waals surface area contributed by atoms with Crippen molar-refractivity contribution in [1.29, 1.82) is 0 Å². The lowest BCUT2D eigenvalue weighted by molar-refractivity contribution is 0.0949. The van der Waals surface area contributed by atoms with Gasteiger partial charge in [-0.05, 0) is 39.0 Å². The molecule has 1 aromatic rings. The monoisotopic (exact) mass is 258 g/mol. The molecule has 0 saturated heterocycles. The summed E-state index contributed by atoms with van der Waals surface area (Å²) in [5.41, 5.74) is 6.57. The van der Waals surface area contributed by atoms with Crippen LogP contribution in [-0.4, -0.2) is 6.61 Å². The summed E-state index contributed by atoms with van der Waals surface area (Å²) < 4.78 is 5.71. The first-order valence-corrected chi connectivity index (χ1v) is 7.51. The van der Waals surface area contributed by atoms with Crippen molar-refractivity contribution in [1.82, 2.24) is 0 Å². The first-order chi connectivity index (χ1) is 8.76. The lowest BCUT2D eigenvalue weighted by atomic mass is 9.71. The molecule has 1 nitrogen and oxygen atoms in total. The fourth-order valence-electron chi connectivity index (χ4n) is 4.12. The summed E-state index contributed by atoms with van der Waals surface area (Å²) in [6.45, 7) is 15.9. The van der Waals surface area contributed by atoms with Crippen LogP contribution in [-0.2, 0) is 22.2 Å². The molecule has 19 heavy (non-hydrogen) atoms. The van der Waals surface area contributed by atoms with Crippen molar-refractivity contribution in [3.8, 4) is 0 Å². The molecule has 1 aliphatic carbocycles. The van der Waals surface area contributed by atoms with E-state index >= 15 is 0 Å². The van der Waals surface area contributed by atoms with Crippen molar-refractivity contribution in [2.45, 2.75) is 64.9 Å². The SMILES string of the molecule is C[C@@H]1C(C)(C)c2cc3c(cc2C1(C)C)[C@@H](C)COC3. The summed E-state index contributed by atoms with van der Waals surface area (Å²) in [6, 6.07) is 4.93. The first kappa shape index (κ1) is 13.2. The highest BCUT2D eigenvalue weighted by Gasteiger charge is 2.48. The zero-order chi connectivity index (χ0) is 14.0. The number of fused-ring (bicyclic) bond motifs is 2. The summed E-state index contributed by atoms with van der Waals surface area (Å²) in [5, 5.41) is 0. The van der Waals surface area contributed by atoms with Gasteiger partial charge in [-0.3, -0.25) is 0 Å². The van der Waals surface area contributed by atoms with E-state index < -0.39 is 0 Å². The normalized spacial score (nSPS) is 30.8. The number of hydrogen-bond donors (Lipinski definition) is 0. The van der Waals surface area contributed by atoms with Crippen LogP contribution in [0, 0.1) is 5.92 Å². The molecule has 1 heterocycles. The molecule has 0 aromatic heterocycles. The lowest BCUT2D eigenvalue weighted by Gasteiger charge is -2.32. The van der Waals surface area contributed by atoms with Crippen molar-refractivity contribution in [3.63, 3.8) is 0 Å². The first-order valence-electron chi connectivity index (χ1n) is 7.51. The van der Waals surface area contributed by atoms with Crippen LogP contribution in [0.15, 0.2) is 12.1 Å². The van der Waals surface area contributed by atoms with Crippen LogP contribution < -0.4 is 0 Å². The lowest BCUT2D eigenvalue weighted by Crippen LogP contribution is -2.30. The minimum Gasteiger partial charge on any atom is -0.376 e. The fraction of sp³-hybridized carbons (Fsp3) is 0.667. The smallest absolute Gasteiger partial charge is 0.0720 e. The molecule has 0 radical (unpaired) electrons. The molecular weight excluding hydrogens is 232 g/mol. The van der Waals surface area contributed by atoms with Gasteiger partial charge in [0.1, 0.15) is 0 Å². The maximum absolute atomic E-state index is 5.71. The van der Waals surface area contributed by atoms with E-state index in [4.69, 9.17) is 4.74 Å². The third-order valence-electron chi connectivity index (χ3n) is 5.99. The van der Waals surface area contributed by atoms with Gasteiger partial charge in [0.2, 0.25) is 0 Å². The third-order valence-corrected chi connectivity index (χ3v) is 5.99. The van der Waals surface area contributed by atoms with Gasteiger partial charge >= 0.3 is 0 Å². The Balaban J connectivity index is 2.25. The zero-order valence-corrected chi connectivity index (χ0v) is 13.1. The van der Waals surface area contributed by atoms with Gasteiger partial charge in [0.05, 0.1) is 13.2 Å². The molecule has 0 saturated carbocycles. The van der Waals surface area contributed by atoms with Crippen molar-refractivity contribution >= 4 is 0 Å². The molecule has 0 amide bonds. The summed E-state index contributed by atoms with van der Waals surface area (Å²) in [6.07, 6.45) is 0. The molecule has 1 aromatic carbocycles. The average Bonchev–Trinajstić information content (AvgIpc) is 2.48. The quantitative estimate of drug-likeness (QED) is 0.664. The van der Waals surface area contributed by atoms with Crippen LogP contribution in [0.25, 0.3) is 0 Å². The van der Waals surface area contributed by atoms with E-state index in [-0.39, 0.29) is 10.8 Å². The Labute approximate surface area is 117 Å². The van der Waals surface area contributed by atoms with Crippen LogP contribution in [0.1, 0.15) is 69.7 Å². The molecule has 2 atom stereocenters. The van der Waals surface area contributed by atoms with Gasteiger partial charge in [-0.2, -0.15) is 0 Å². The van der Waals surface area contributed by atoms with Crippen molar-refractivity contribution in [3.05, 3.63) is 34.4 Å². The molecule has 0 N–H and O–H groups in total. The number of ether oxygens (including phenoxy) is 1. The minimum atomic E-state index is 0.258. The standard InChI is InChI=1S/C18H26O/c1-11-9-19-10-13-7-15-16(8-14(11)13)18(5,6)12(2)17(15,3)4/h7-8,11-12H,9-10H2,1-6H3/t11-,12+/m0/s1. The second-order valence-electron chi connectivity index (χ2n) is 7.68. The van der Waals surface area contributed by atoms with Crippen LogP contribution in [0.4, 0.5) is 0 Å². The van der Waals surface area contributed by atoms with Gasteiger partial charge in [-0.1, -0.05) is 53.7 Å².